The molecule has 0 spiro atoms. The third-order valence-electron chi connectivity index (χ3n) is 1.53. The van der Waals surface area contributed by atoms with Gasteiger partial charge in [0.15, 0.2) is 0 Å². The van der Waals surface area contributed by atoms with Crippen LogP contribution in [0.2, 0.25) is 0 Å². The van der Waals surface area contributed by atoms with E-state index in [4.69, 9.17) is 5.11 Å². The van der Waals surface area contributed by atoms with Gasteiger partial charge in [-0.2, -0.15) is 0 Å². The molecule has 0 aliphatic heterocycles. The first kappa shape index (κ1) is 11.9. The Balaban J connectivity index is 2.95. The largest absolute Gasteiger partial charge is 0.396 e. The summed E-state index contributed by atoms with van der Waals surface area (Å²) in [6.07, 6.45) is 3.98. The van der Waals surface area contributed by atoms with Crippen LogP contribution in [0.1, 0.15) is 25.7 Å². The fourth-order valence-electron chi connectivity index (χ4n) is 0.865. The summed E-state index contributed by atoms with van der Waals surface area (Å²) in [5, 5.41) is 11.6. The van der Waals surface area contributed by atoms with Gasteiger partial charge in [0.1, 0.15) is 0 Å². The van der Waals surface area contributed by atoms with Crippen molar-refractivity contribution in [3.63, 3.8) is 0 Å². The lowest BCUT2D eigenvalue weighted by Crippen LogP contribution is -2.25. The van der Waals surface area contributed by atoms with Crippen molar-refractivity contribution in [1.29, 1.82) is 0 Å². The number of aliphatic hydroxyl groups is 1. The molecule has 0 radical (unpaired) electrons. The number of hydrogen-bond acceptors (Lipinski definition) is 2. The minimum absolute atomic E-state index is 0.0390. The Hall–Kier alpha value is -0.0900. The van der Waals surface area contributed by atoms with E-state index in [1.807, 2.05) is 0 Å². The van der Waals surface area contributed by atoms with E-state index in [2.05, 4.69) is 21.2 Å². The van der Waals surface area contributed by atoms with Crippen LogP contribution < -0.4 is 5.32 Å². The Morgan fingerprint density at radius 1 is 1.25 bits per heavy atom. The van der Waals surface area contributed by atoms with Gasteiger partial charge in [0.2, 0.25) is 5.91 Å². The minimum atomic E-state index is 0.0390. The molecule has 0 unspecified atom stereocenters. The van der Waals surface area contributed by atoms with E-state index in [0.29, 0.717) is 5.33 Å². The molecule has 12 heavy (non-hydrogen) atoms. The molecule has 72 valence electrons. The molecular formula is C8H16BrNO2. The van der Waals surface area contributed by atoms with Gasteiger partial charge in [0.25, 0.3) is 0 Å². The lowest BCUT2D eigenvalue weighted by atomic mass is 10.2. The third kappa shape index (κ3) is 8.01. The van der Waals surface area contributed by atoms with Crippen molar-refractivity contribution in [3.05, 3.63) is 0 Å². The van der Waals surface area contributed by atoms with Crippen LogP contribution in [0.25, 0.3) is 0 Å². The van der Waals surface area contributed by atoms with Gasteiger partial charge < -0.3 is 10.4 Å². The summed E-state index contributed by atoms with van der Waals surface area (Å²) in [4.78, 5) is 10.7. The van der Waals surface area contributed by atoms with E-state index >= 15 is 0 Å². The van der Waals surface area contributed by atoms with E-state index in [0.717, 1.165) is 32.2 Å². The van der Waals surface area contributed by atoms with Crippen molar-refractivity contribution in [2.75, 3.05) is 18.5 Å². The van der Waals surface area contributed by atoms with Crippen LogP contribution in [0.5, 0.6) is 0 Å². The van der Waals surface area contributed by atoms with Crippen molar-refractivity contribution in [3.8, 4) is 0 Å². The summed E-state index contributed by atoms with van der Waals surface area (Å²) >= 11 is 3.06. The van der Waals surface area contributed by atoms with E-state index in [9.17, 15) is 4.79 Å². The third-order valence-corrected chi connectivity index (χ3v) is 2.04. The van der Waals surface area contributed by atoms with Crippen LogP contribution in [-0.4, -0.2) is 29.5 Å². The number of halogens is 1. The number of nitrogens with one attached hydrogen (secondary N) is 1. The summed E-state index contributed by atoms with van der Waals surface area (Å²) in [7, 11) is 0. The van der Waals surface area contributed by atoms with Crippen molar-refractivity contribution in [2.45, 2.75) is 25.7 Å². The van der Waals surface area contributed by atoms with Crippen LogP contribution in [0.4, 0.5) is 0 Å². The number of unbranched alkanes of at least 4 members (excludes halogenated alkanes) is 3. The second-order valence-corrected chi connectivity index (χ2v) is 3.18. The molecule has 0 aromatic carbocycles. The first-order valence-electron chi connectivity index (χ1n) is 4.24. The zero-order valence-corrected chi connectivity index (χ0v) is 8.77. The van der Waals surface area contributed by atoms with E-state index < -0.39 is 0 Å². The van der Waals surface area contributed by atoms with Gasteiger partial charge >= 0.3 is 0 Å². The number of carbonyl (C=O) groups is 1. The van der Waals surface area contributed by atoms with Crippen molar-refractivity contribution in [2.24, 2.45) is 0 Å². The topological polar surface area (TPSA) is 49.3 Å². The maximum absolute atomic E-state index is 10.7. The molecule has 0 aromatic rings. The molecule has 0 saturated carbocycles. The average Bonchev–Trinajstić information content (AvgIpc) is 2.10. The number of rotatable bonds is 7. The van der Waals surface area contributed by atoms with E-state index in [1.165, 1.54) is 0 Å². The molecule has 0 heterocycles. The Labute approximate surface area is 81.7 Å². The first-order chi connectivity index (χ1) is 5.81. The number of aliphatic hydroxyl groups excluding tert-OH is 1. The minimum Gasteiger partial charge on any atom is -0.396 e. The zero-order chi connectivity index (χ0) is 9.23. The fraction of sp³-hybridized carbons (Fsp3) is 0.875. The van der Waals surface area contributed by atoms with E-state index in [1.54, 1.807) is 0 Å². The summed E-state index contributed by atoms with van der Waals surface area (Å²) in [6.45, 7) is 1.02. The molecular weight excluding hydrogens is 222 g/mol. The highest BCUT2D eigenvalue weighted by Gasteiger charge is 1.95. The van der Waals surface area contributed by atoms with Gasteiger partial charge in [-0.05, 0) is 12.8 Å². The van der Waals surface area contributed by atoms with Gasteiger partial charge in [-0.3, -0.25) is 4.79 Å². The average molecular weight is 238 g/mol. The summed E-state index contributed by atoms with van der Waals surface area (Å²) in [6, 6.07) is 0. The molecule has 0 aliphatic carbocycles. The van der Waals surface area contributed by atoms with Crippen LogP contribution in [0.15, 0.2) is 0 Å². The fourth-order valence-corrected chi connectivity index (χ4v) is 1.06. The molecule has 3 nitrogen and oxygen atoms in total. The molecule has 0 bridgehead atoms. The van der Waals surface area contributed by atoms with Gasteiger partial charge in [-0.25, -0.2) is 0 Å². The van der Waals surface area contributed by atoms with Crippen LogP contribution in [-0.2, 0) is 4.79 Å². The Bertz CT molecular complexity index is 120. The molecule has 2 N–H and O–H groups in total. The predicted octanol–water partition coefficient (Wildman–Crippen LogP) is 1.05. The van der Waals surface area contributed by atoms with Gasteiger partial charge in [-0.15, -0.1) is 0 Å². The van der Waals surface area contributed by atoms with Crippen molar-refractivity contribution in [1.82, 2.24) is 5.32 Å². The molecule has 0 saturated heterocycles. The first-order valence-corrected chi connectivity index (χ1v) is 5.37. The Kier molecular flexibility index (Phi) is 8.93. The Morgan fingerprint density at radius 2 is 1.92 bits per heavy atom. The summed E-state index contributed by atoms with van der Waals surface area (Å²) in [5.74, 6) is 0.0390. The number of amides is 1. The van der Waals surface area contributed by atoms with Crippen LogP contribution in [0, 0.1) is 0 Å². The summed E-state index contributed by atoms with van der Waals surface area (Å²) < 4.78 is 0. The van der Waals surface area contributed by atoms with Gasteiger partial charge in [0.05, 0.1) is 5.33 Å². The maximum atomic E-state index is 10.7. The van der Waals surface area contributed by atoms with E-state index in [-0.39, 0.29) is 12.5 Å². The molecule has 0 fully saturated rings. The Morgan fingerprint density at radius 3 is 2.50 bits per heavy atom. The second kappa shape index (κ2) is 9.00. The zero-order valence-electron chi connectivity index (χ0n) is 7.18. The lowest BCUT2D eigenvalue weighted by Gasteiger charge is -2.01. The number of alkyl halides is 1. The number of carbonyl (C=O) groups excluding carboxylic acids is 1. The highest BCUT2D eigenvalue weighted by molar-refractivity contribution is 9.09. The summed E-state index contributed by atoms with van der Waals surface area (Å²) in [5.41, 5.74) is 0. The quantitative estimate of drug-likeness (QED) is 0.514. The van der Waals surface area contributed by atoms with Crippen LogP contribution >= 0.6 is 15.9 Å². The monoisotopic (exact) mass is 237 g/mol. The number of hydrogen-bond donors (Lipinski definition) is 2. The van der Waals surface area contributed by atoms with Crippen molar-refractivity contribution >= 4 is 21.8 Å². The lowest BCUT2D eigenvalue weighted by molar-refractivity contribution is -0.118. The molecule has 0 rings (SSSR count). The highest BCUT2D eigenvalue weighted by atomic mass is 79.9. The normalized spacial score (nSPS) is 9.83. The molecule has 0 aliphatic rings. The second-order valence-electron chi connectivity index (χ2n) is 2.62. The van der Waals surface area contributed by atoms with Crippen LogP contribution in [0.3, 0.4) is 0 Å². The molecule has 1 amide bonds. The standard InChI is InChI=1S/C8H16BrNO2/c9-7-8(12)10-5-3-1-2-4-6-11/h11H,1-7H2,(H,10,12). The predicted molar refractivity (Wildman–Crippen MR) is 52.4 cm³/mol. The van der Waals surface area contributed by atoms with Gasteiger partial charge in [-0.1, -0.05) is 28.8 Å². The molecule has 0 atom stereocenters. The molecule has 4 heteroatoms. The van der Waals surface area contributed by atoms with Crippen molar-refractivity contribution < 1.29 is 9.90 Å². The SMILES string of the molecule is O=C(CBr)NCCCCCCO. The highest BCUT2D eigenvalue weighted by Crippen LogP contribution is 1.97. The molecule has 0 aromatic heterocycles. The van der Waals surface area contributed by atoms with Gasteiger partial charge in [0, 0.05) is 13.2 Å². The maximum Gasteiger partial charge on any atom is 0.230 e. The smallest absolute Gasteiger partial charge is 0.230 e.